The Morgan fingerprint density at radius 2 is 2.03 bits per heavy atom. The molecule has 0 amide bonds. The molecule has 0 fully saturated rings. The molecular formula is C24H16ClF2N9O. The Labute approximate surface area is 212 Å². The molecule has 0 aliphatic carbocycles. The summed E-state index contributed by atoms with van der Waals surface area (Å²) in [5.74, 6) is -0.961. The molecule has 184 valence electrons. The van der Waals surface area contributed by atoms with Gasteiger partial charge in [-0.3, -0.25) is 9.36 Å². The first-order valence-electron chi connectivity index (χ1n) is 11.0. The monoisotopic (exact) mass is 519 g/mol. The minimum atomic E-state index is -0.741. The van der Waals surface area contributed by atoms with Crippen LogP contribution in [0.5, 0.6) is 0 Å². The van der Waals surface area contributed by atoms with Crippen molar-refractivity contribution in [3.63, 3.8) is 0 Å². The van der Waals surface area contributed by atoms with E-state index in [4.69, 9.17) is 17.3 Å². The van der Waals surface area contributed by atoms with Gasteiger partial charge in [-0.25, -0.2) is 14.4 Å². The molecule has 4 aromatic heterocycles. The number of fused-ring (bicyclic) bond motifs is 1. The van der Waals surface area contributed by atoms with Crippen LogP contribution >= 0.6 is 11.6 Å². The number of nitrogens with zero attached hydrogens (tertiary/aromatic N) is 7. The number of aromatic nitrogens is 8. The molecule has 3 N–H and O–H groups in total. The van der Waals surface area contributed by atoms with E-state index in [9.17, 15) is 9.18 Å². The summed E-state index contributed by atoms with van der Waals surface area (Å²) in [7, 11) is 0. The molecule has 0 saturated heterocycles. The Morgan fingerprint density at radius 1 is 1.19 bits per heavy atom. The van der Waals surface area contributed by atoms with Gasteiger partial charge in [-0.1, -0.05) is 18.2 Å². The fourth-order valence-electron chi connectivity index (χ4n) is 4.54. The second-order valence-corrected chi connectivity index (χ2v) is 8.83. The molecular weight excluding hydrogens is 504 g/mol. The van der Waals surface area contributed by atoms with E-state index in [1.807, 2.05) is 0 Å². The molecule has 5 heterocycles. The molecule has 5 aromatic rings. The number of nitrogens with one attached hydrogen (secondary N) is 1. The number of imidazole rings is 1. The Morgan fingerprint density at radius 3 is 2.78 bits per heavy atom. The van der Waals surface area contributed by atoms with Crippen molar-refractivity contribution in [3.8, 4) is 28.1 Å². The Balaban J connectivity index is 1.45. The van der Waals surface area contributed by atoms with Crippen molar-refractivity contribution in [3.05, 3.63) is 94.2 Å². The van der Waals surface area contributed by atoms with Crippen molar-refractivity contribution in [1.82, 2.24) is 39.7 Å². The second-order valence-electron chi connectivity index (χ2n) is 8.43. The number of tetrazole rings is 1. The minimum Gasteiger partial charge on any atom is -0.384 e. The molecule has 6 rings (SSSR count). The van der Waals surface area contributed by atoms with Gasteiger partial charge in [-0.15, -0.1) is 5.10 Å². The van der Waals surface area contributed by atoms with Gasteiger partial charge in [0.25, 0.3) is 5.56 Å². The number of nitrogen functional groups attached to an aromatic ring is 1. The summed E-state index contributed by atoms with van der Waals surface area (Å²) in [6.07, 6.45) is 3.15. The largest absolute Gasteiger partial charge is 0.384 e. The predicted octanol–water partition coefficient (Wildman–Crippen LogP) is 3.80. The highest BCUT2D eigenvalue weighted by molar-refractivity contribution is 6.31. The summed E-state index contributed by atoms with van der Waals surface area (Å²) in [6.45, 7) is 4.11. The van der Waals surface area contributed by atoms with Crippen molar-refractivity contribution < 1.29 is 8.78 Å². The molecule has 1 atom stereocenters. The van der Waals surface area contributed by atoms with Crippen molar-refractivity contribution in [2.75, 3.05) is 5.73 Å². The summed E-state index contributed by atoms with van der Waals surface area (Å²) < 4.78 is 32.4. The van der Waals surface area contributed by atoms with Gasteiger partial charge < -0.3 is 10.7 Å². The highest BCUT2D eigenvalue weighted by atomic mass is 35.5. The molecule has 0 bridgehead atoms. The topological polar surface area (TPSA) is 133 Å². The lowest BCUT2D eigenvalue weighted by molar-refractivity contribution is 0.582. The van der Waals surface area contributed by atoms with Crippen LogP contribution in [0.25, 0.3) is 33.6 Å². The van der Waals surface area contributed by atoms with E-state index >= 15 is 4.39 Å². The number of halogens is 3. The van der Waals surface area contributed by atoms with Crippen LogP contribution in [-0.2, 0) is 0 Å². The first-order valence-corrected chi connectivity index (χ1v) is 11.3. The number of anilines is 1. The van der Waals surface area contributed by atoms with E-state index in [1.54, 1.807) is 12.1 Å². The lowest BCUT2D eigenvalue weighted by atomic mass is 10.0. The molecule has 1 aromatic carbocycles. The number of benzene rings is 1. The van der Waals surface area contributed by atoms with E-state index in [-0.39, 0.29) is 22.0 Å². The maximum absolute atomic E-state index is 15.3. The summed E-state index contributed by atoms with van der Waals surface area (Å²) in [5, 5.41) is 10.9. The molecule has 37 heavy (non-hydrogen) atoms. The Hall–Kier alpha value is -4.71. The van der Waals surface area contributed by atoms with Gasteiger partial charge in [0.15, 0.2) is 5.82 Å². The van der Waals surface area contributed by atoms with Gasteiger partial charge in [0.1, 0.15) is 18.0 Å². The van der Waals surface area contributed by atoms with Crippen LogP contribution in [0, 0.1) is 11.8 Å². The van der Waals surface area contributed by atoms with Crippen molar-refractivity contribution >= 4 is 23.0 Å². The van der Waals surface area contributed by atoms with Gasteiger partial charge in [0.2, 0.25) is 5.95 Å². The van der Waals surface area contributed by atoms with Crippen LogP contribution in [0.3, 0.4) is 0 Å². The second kappa shape index (κ2) is 8.45. The third kappa shape index (κ3) is 3.69. The van der Waals surface area contributed by atoms with Crippen LogP contribution in [0.2, 0.25) is 5.02 Å². The zero-order chi connectivity index (χ0) is 25.8. The third-order valence-corrected chi connectivity index (χ3v) is 6.50. The number of hydrogen-bond acceptors (Lipinski definition) is 7. The van der Waals surface area contributed by atoms with Gasteiger partial charge in [0, 0.05) is 23.7 Å². The van der Waals surface area contributed by atoms with E-state index < -0.39 is 23.4 Å². The van der Waals surface area contributed by atoms with Crippen molar-refractivity contribution in [1.29, 1.82) is 0 Å². The molecule has 1 aliphatic heterocycles. The van der Waals surface area contributed by atoms with Crippen LogP contribution in [0.15, 0.2) is 60.3 Å². The highest BCUT2D eigenvalue weighted by Crippen LogP contribution is 2.40. The molecule has 13 heteroatoms. The van der Waals surface area contributed by atoms with Crippen LogP contribution in [0.1, 0.15) is 24.0 Å². The highest BCUT2D eigenvalue weighted by Gasteiger charge is 2.31. The zero-order valence-electron chi connectivity index (χ0n) is 18.9. The zero-order valence-corrected chi connectivity index (χ0v) is 19.6. The summed E-state index contributed by atoms with van der Waals surface area (Å²) in [5.41, 5.74) is 7.54. The summed E-state index contributed by atoms with van der Waals surface area (Å²) in [6, 6.07) is 8.39. The number of H-pyrrole nitrogens is 1. The lowest BCUT2D eigenvalue weighted by Gasteiger charge is -2.15. The van der Waals surface area contributed by atoms with Gasteiger partial charge in [-0.05, 0) is 51.9 Å². The molecule has 10 nitrogen and oxygen atoms in total. The molecule has 0 spiro atoms. The van der Waals surface area contributed by atoms with Gasteiger partial charge in [-0.2, -0.15) is 9.07 Å². The average Bonchev–Trinajstić information content (AvgIpc) is 3.62. The van der Waals surface area contributed by atoms with Gasteiger partial charge >= 0.3 is 0 Å². The number of pyridine rings is 2. The average molecular weight is 520 g/mol. The number of allylic oxidation sites excluding steroid dienone is 1. The maximum atomic E-state index is 15.3. The standard InChI is InChI=1S/C24H16ClF2N9O/c1-11-6-18(24-29-9-15(31-24)13-2-5-19(28)32-23(13)27)36-17(11)7-12(8-20(36)37)21-16(35-10-30-33-34-35)4-3-14(25)22(21)26/h2-5,7-10,18H,1,6H2,(H2,28,32)(H,29,31)/t18-/m0/s1. The fraction of sp³-hybridized carbons (Fsp3) is 0.0833. The predicted molar refractivity (Wildman–Crippen MR) is 132 cm³/mol. The van der Waals surface area contributed by atoms with E-state index in [1.165, 1.54) is 46.0 Å². The molecule has 0 saturated carbocycles. The fourth-order valence-corrected chi connectivity index (χ4v) is 4.69. The van der Waals surface area contributed by atoms with Crippen LogP contribution < -0.4 is 11.3 Å². The quantitative estimate of drug-likeness (QED) is 0.345. The smallest absolute Gasteiger partial charge is 0.252 e. The molecule has 0 radical (unpaired) electrons. The molecule has 0 unspecified atom stereocenters. The number of aromatic amines is 1. The Kier molecular flexibility index (Phi) is 5.19. The van der Waals surface area contributed by atoms with Crippen LogP contribution in [0.4, 0.5) is 14.6 Å². The number of hydrogen-bond donors (Lipinski definition) is 2. The molecule has 1 aliphatic rings. The number of rotatable bonds is 4. The number of nitrogens with two attached hydrogens (primary N) is 1. The van der Waals surface area contributed by atoms with E-state index in [0.29, 0.717) is 40.5 Å². The van der Waals surface area contributed by atoms with Gasteiger partial charge in [0.05, 0.1) is 34.2 Å². The summed E-state index contributed by atoms with van der Waals surface area (Å²) >= 11 is 6.07. The van der Waals surface area contributed by atoms with E-state index in [2.05, 4.69) is 37.1 Å². The van der Waals surface area contributed by atoms with Crippen molar-refractivity contribution in [2.45, 2.75) is 12.5 Å². The third-order valence-electron chi connectivity index (χ3n) is 6.21. The van der Waals surface area contributed by atoms with Crippen molar-refractivity contribution in [2.24, 2.45) is 0 Å². The van der Waals surface area contributed by atoms with E-state index in [0.717, 1.165) is 0 Å². The Bertz CT molecular complexity index is 1760. The first-order chi connectivity index (χ1) is 17.8. The lowest BCUT2D eigenvalue weighted by Crippen LogP contribution is -2.24. The maximum Gasteiger partial charge on any atom is 0.252 e. The SMILES string of the molecule is C=C1C[C@@H](c2ncc(-c3ccc(N)nc3F)[nH]2)n2c1cc(-c1c(-n3cnnn3)ccc(Cl)c1F)cc2=O. The normalized spacial score (nSPS) is 14.8. The summed E-state index contributed by atoms with van der Waals surface area (Å²) in [4.78, 5) is 24.5. The first kappa shape index (κ1) is 22.7. The minimum absolute atomic E-state index is 0.0590. The van der Waals surface area contributed by atoms with Crippen LogP contribution in [-0.4, -0.2) is 39.7 Å².